The number of carboxylic acid groups (broad SMARTS) is 1. The maximum absolute atomic E-state index is 13.1. The lowest BCUT2D eigenvalue weighted by Gasteiger charge is -2.16. The molecule has 0 aliphatic rings. The molecular formula is C20H19FN4O3S. The Labute approximate surface area is 170 Å². The number of nitrogens with one attached hydrogen (secondary N) is 2. The second kappa shape index (κ2) is 8.78. The smallest absolute Gasteiger partial charge is 0.405 e. The molecule has 0 spiro atoms. The van der Waals surface area contributed by atoms with Gasteiger partial charge in [-0.25, -0.2) is 14.2 Å². The lowest BCUT2D eigenvalue weighted by molar-refractivity contribution is -0.118. The fourth-order valence-corrected chi connectivity index (χ4v) is 3.69. The van der Waals surface area contributed by atoms with Gasteiger partial charge in [-0.3, -0.25) is 9.78 Å². The molecule has 2 heterocycles. The molecule has 1 unspecified atom stereocenters. The summed E-state index contributed by atoms with van der Waals surface area (Å²) in [5.41, 5.74) is 3.00. The van der Waals surface area contributed by atoms with Crippen molar-refractivity contribution in [2.75, 3.05) is 5.32 Å². The molecule has 1 aromatic carbocycles. The molecule has 0 aliphatic heterocycles. The number of rotatable bonds is 6. The van der Waals surface area contributed by atoms with E-state index >= 15 is 0 Å². The topological polar surface area (TPSA) is 104 Å². The van der Waals surface area contributed by atoms with Gasteiger partial charge in [0.25, 0.3) is 0 Å². The first kappa shape index (κ1) is 20.4. The van der Waals surface area contributed by atoms with Gasteiger partial charge in [-0.05, 0) is 43.7 Å². The van der Waals surface area contributed by atoms with E-state index in [1.165, 1.54) is 35.6 Å². The largest absolute Gasteiger partial charge is 0.465 e. The monoisotopic (exact) mass is 414 g/mol. The minimum absolute atomic E-state index is 0.0900. The Morgan fingerprint density at radius 3 is 2.59 bits per heavy atom. The van der Waals surface area contributed by atoms with E-state index in [1.807, 2.05) is 19.1 Å². The zero-order valence-corrected chi connectivity index (χ0v) is 16.6. The Morgan fingerprint density at radius 1 is 1.21 bits per heavy atom. The summed E-state index contributed by atoms with van der Waals surface area (Å²) in [5.74, 6) is -0.916. The van der Waals surface area contributed by atoms with E-state index in [1.54, 1.807) is 13.1 Å². The fourth-order valence-electron chi connectivity index (χ4n) is 2.73. The number of hydrogen-bond donors (Lipinski definition) is 3. The zero-order chi connectivity index (χ0) is 21.0. The lowest BCUT2D eigenvalue weighted by atomic mass is 10.1. The molecular weight excluding hydrogens is 395 g/mol. The Bertz CT molecular complexity index is 1040. The number of thiazole rings is 1. The quantitative estimate of drug-likeness (QED) is 0.569. The van der Waals surface area contributed by atoms with Crippen LogP contribution in [0, 0.1) is 19.7 Å². The third kappa shape index (κ3) is 5.35. The van der Waals surface area contributed by atoms with Gasteiger partial charge < -0.3 is 15.7 Å². The fraction of sp³-hybridized carbons (Fsp3) is 0.200. The third-order valence-corrected chi connectivity index (χ3v) is 5.27. The van der Waals surface area contributed by atoms with Crippen LogP contribution in [0.15, 0.2) is 42.6 Å². The molecule has 29 heavy (non-hydrogen) atoms. The number of benzene rings is 1. The van der Waals surface area contributed by atoms with E-state index in [0.717, 1.165) is 16.3 Å². The summed E-state index contributed by atoms with van der Waals surface area (Å²) in [6.45, 7) is 3.65. The predicted octanol–water partition coefficient (Wildman–Crippen LogP) is 3.78. The van der Waals surface area contributed by atoms with Gasteiger partial charge in [-0.2, -0.15) is 0 Å². The summed E-state index contributed by atoms with van der Waals surface area (Å²) in [5, 5.41) is 15.3. The maximum atomic E-state index is 13.1. The van der Waals surface area contributed by atoms with Crippen LogP contribution in [-0.2, 0) is 11.2 Å². The number of carbonyl (C=O) groups is 2. The molecule has 2 aromatic heterocycles. The van der Waals surface area contributed by atoms with Gasteiger partial charge in [-0.15, -0.1) is 0 Å². The summed E-state index contributed by atoms with van der Waals surface area (Å²) in [6.07, 6.45) is 0.461. The van der Waals surface area contributed by atoms with E-state index in [2.05, 4.69) is 20.6 Å². The van der Waals surface area contributed by atoms with Crippen LogP contribution in [-0.4, -0.2) is 33.1 Å². The molecule has 7 nitrogen and oxygen atoms in total. The molecule has 0 saturated heterocycles. The van der Waals surface area contributed by atoms with Gasteiger partial charge in [0.2, 0.25) is 5.91 Å². The number of hydrogen-bond acceptors (Lipinski definition) is 5. The van der Waals surface area contributed by atoms with Crippen molar-refractivity contribution in [3.8, 4) is 10.6 Å². The van der Waals surface area contributed by atoms with Crippen molar-refractivity contribution in [3.05, 3.63) is 65.4 Å². The summed E-state index contributed by atoms with van der Waals surface area (Å²) in [4.78, 5) is 32.5. The highest BCUT2D eigenvalue weighted by atomic mass is 32.1. The highest BCUT2D eigenvalue weighted by Gasteiger charge is 2.23. The minimum Gasteiger partial charge on any atom is -0.465 e. The number of carbonyl (C=O) groups excluding carboxylic acids is 1. The van der Waals surface area contributed by atoms with E-state index < -0.39 is 23.9 Å². The van der Waals surface area contributed by atoms with Crippen molar-refractivity contribution >= 4 is 28.3 Å². The van der Waals surface area contributed by atoms with Crippen LogP contribution in [0.2, 0.25) is 0 Å². The van der Waals surface area contributed by atoms with Crippen LogP contribution in [0.1, 0.15) is 17.0 Å². The number of halogens is 1. The van der Waals surface area contributed by atoms with Crippen LogP contribution >= 0.6 is 11.3 Å². The molecule has 0 aliphatic carbocycles. The van der Waals surface area contributed by atoms with Crippen molar-refractivity contribution in [2.24, 2.45) is 0 Å². The van der Waals surface area contributed by atoms with Crippen LogP contribution in [0.3, 0.4) is 0 Å². The molecule has 0 saturated carbocycles. The van der Waals surface area contributed by atoms with Crippen LogP contribution < -0.4 is 10.6 Å². The Balaban J connectivity index is 1.78. The standard InChI is InChI=1S/C20H19FN4O3S/c1-11-9-14(7-8-22-11)19-23-12(2)18(29-19)25-17(26)16(24-20(27)28)10-13-3-5-15(21)6-4-13/h3-9,16,24H,10H2,1-2H3,(H,25,26)(H,27,28). The zero-order valence-electron chi connectivity index (χ0n) is 15.8. The number of aryl methyl sites for hydroxylation is 2. The number of nitrogens with zero attached hydrogens (tertiary/aromatic N) is 2. The first-order chi connectivity index (χ1) is 13.8. The normalized spacial score (nSPS) is 11.7. The molecule has 0 bridgehead atoms. The Hall–Kier alpha value is -3.33. The van der Waals surface area contributed by atoms with E-state index in [-0.39, 0.29) is 6.42 Å². The number of amides is 2. The van der Waals surface area contributed by atoms with Gasteiger partial charge in [0.1, 0.15) is 21.9 Å². The highest BCUT2D eigenvalue weighted by Crippen LogP contribution is 2.32. The summed E-state index contributed by atoms with van der Waals surface area (Å²) in [7, 11) is 0. The van der Waals surface area contributed by atoms with Crippen molar-refractivity contribution in [1.82, 2.24) is 15.3 Å². The lowest BCUT2D eigenvalue weighted by Crippen LogP contribution is -2.44. The Kier molecular flexibility index (Phi) is 6.18. The molecule has 0 fully saturated rings. The second-order valence-electron chi connectivity index (χ2n) is 6.44. The van der Waals surface area contributed by atoms with E-state index in [9.17, 15) is 14.0 Å². The average Bonchev–Trinajstić information content (AvgIpc) is 3.03. The molecule has 3 rings (SSSR count). The summed E-state index contributed by atoms with van der Waals surface area (Å²) < 4.78 is 13.1. The molecule has 3 N–H and O–H groups in total. The maximum Gasteiger partial charge on any atom is 0.405 e. The molecule has 2 amide bonds. The van der Waals surface area contributed by atoms with Crippen LogP contribution in [0.4, 0.5) is 14.2 Å². The second-order valence-corrected chi connectivity index (χ2v) is 7.44. The SMILES string of the molecule is Cc1cc(-c2nc(C)c(NC(=O)C(Cc3ccc(F)cc3)NC(=O)O)s2)ccn1. The first-order valence-electron chi connectivity index (χ1n) is 8.77. The molecule has 1 atom stereocenters. The van der Waals surface area contributed by atoms with Crippen molar-refractivity contribution in [1.29, 1.82) is 0 Å². The highest BCUT2D eigenvalue weighted by molar-refractivity contribution is 7.19. The van der Waals surface area contributed by atoms with Gasteiger partial charge in [0.05, 0.1) is 5.69 Å². The number of aromatic nitrogens is 2. The van der Waals surface area contributed by atoms with Crippen molar-refractivity contribution in [2.45, 2.75) is 26.3 Å². The summed E-state index contributed by atoms with van der Waals surface area (Å²) in [6, 6.07) is 8.25. The molecule has 0 radical (unpaired) electrons. The predicted molar refractivity (Wildman–Crippen MR) is 109 cm³/mol. The minimum atomic E-state index is -1.32. The number of anilines is 1. The van der Waals surface area contributed by atoms with Gasteiger partial charge in [0, 0.05) is 23.9 Å². The van der Waals surface area contributed by atoms with Crippen LogP contribution in [0.25, 0.3) is 10.6 Å². The van der Waals surface area contributed by atoms with E-state index in [4.69, 9.17) is 5.11 Å². The molecule has 9 heteroatoms. The van der Waals surface area contributed by atoms with Gasteiger partial charge in [0.15, 0.2) is 0 Å². The van der Waals surface area contributed by atoms with Crippen molar-refractivity contribution in [3.63, 3.8) is 0 Å². The molecule has 3 aromatic rings. The van der Waals surface area contributed by atoms with Crippen LogP contribution in [0.5, 0.6) is 0 Å². The van der Waals surface area contributed by atoms with E-state index in [0.29, 0.717) is 16.3 Å². The first-order valence-corrected chi connectivity index (χ1v) is 9.58. The van der Waals surface area contributed by atoms with Gasteiger partial charge in [-0.1, -0.05) is 23.5 Å². The summed E-state index contributed by atoms with van der Waals surface area (Å²) >= 11 is 1.30. The third-order valence-electron chi connectivity index (χ3n) is 4.14. The average molecular weight is 414 g/mol. The molecule has 150 valence electrons. The van der Waals surface area contributed by atoms with Gasteiger partial charge >= 0.3 is 6.09 Å². The van der Waals surface area contributed by atoms with Crippen molar-refractivity contribution < 1.29 is 19.1 Å². The number of pyridine rings is 1. The Morgan fingerprint density at radius 2 is 1.93 bits per heavy atom.